The van der Waals surface area contributed by atoms with Crippen LogP contribution in [0.4, 0.5) is 4.79 Å². The van der Waals surface area contributed by atoms with Gasteiger partial charge in [-0.05, 0) is 24.6 Å². The summed E-state index contributed by atoms with van der Waals surface area (Å²) in [6.45, 7) is 3.04. The molecule has 102 valence electrons. The Kier molecular flexibility index (Phi) is 4.01. The number of ether oxygens (including phenoxy) is 1. The van der Waals surface area contributed by atoms with Crippen molar-refractivity contribution in [3.05, 3.63) is 35.4 Å². The Labute approximate surface area is 110 Å². The van der Waals surface area contributed by atoms with Crippen LogP contribution in [0.3, 0.4) is 0 Å². The Morgan fingerprint density at radius 1 is 1.53 bits per heavy atom. The molecular weight excluding hydrogens is 248 g/mol. The van der Waals surface area contributed by atoms with Gasteiger partial charge >= 0.3 is 12.1 Å². The lowest BCUT2D eigenvalue weighted by molar-refractivity contribution is 0.0696. The molecule has 3 N–H and O–H groups in total. The molecule has 6 nitrogen and oxygen atoms in total. The zero-order valence-electron chi connectivity index (χ0n) is 10.6. The highest BCUT2D eigenvalue weighted by Crippen LogP contribution is 2.14. The van der Waals surface area contributed by atoms with Crippen LogP contribution in [0, 0.1) is 0 Å². The molecule has 1 aromatic rings. The number of hydrogen-bond donors (Lipinski definition) is 3. The van der Waals surface area contributed by atoms with Gasteiger partial charge in [0.05, 0.1) is 12.1 Å². The van der Waals surface area contributed by atoms with Crippen LogP contribution in [-0.4, -0.2) is 36.4 Å². The summed E-state index contributed by atoms with van der Waals surface area (Å²) in [5.74, 6) is -0.934. The van der Waals surface area contributed by atoms with Gasteiger partial charge in [-0.15, -0.1) is 0 Å². The van der Waals surface area contributed by atoms with E-state index < -0.39 is 5.97 Å². The Balaban J connectivity index is 1.87. The van der Waals surface area contributed by atoms with Gasteiger partial charge in [-0.2, -0.15) is 0 Å². The fourth-order valence-corrected chi connectivity index (χ4v) is 1.89. The number of alkyl carbamates (subject to hydrolysis) is 1. The number of carboxylic acid groups (broad SMARTS) is 1. The monoisotopic (exact) mass is 264 g/mol. The molecular formula is C13H16N2O4. The number of amides is 1. The molecule has 19 heavy (non-hydrogen) atoms. The molecule has 1 saturated heterocycles. The number of cyclic esters (lactones) is 1. The van der Waals surface area contributed by atoms with Crippen LogP contribution >= 0.6 is 0 Å². The van der Waals surface area contributed by atoms with Crippen molar-refractivity contribution in [3.8, 4) is 0 Å². The van der Waals surface area contributed by atoms with E-state index in [9.17, 15) is 9.59 Å². The van der Waals surface area contributed by atoms with Crippen molar-refractivity contribution in [1.29, 1.82) is 0 Å². The lowest BCUT2D eigenvalue weighted by atomic mass is 10.1. The highest BCUT2D eigenvalue weighted by atomic mass is 16.6. The first kappa shape index (κ1) is 13.4. The molecule has 0 radical (unpaired) electrons. The summed E-state index contributed by atoms with van der Waals surface area (Å²) in [6.07, 6.45) is -0.543. The zero-order chi connectivity index (χ0) is 13.8. The zero-order valence-corrected chi connectivity index (χ0v) is 10.6. The van der Waals surface area contributed by atoms with Crippen LogP contribution in [0.1, 0.15) is 28.9 Å². The molecule has 1 aliphatic heterocycles. The third-order valence-electron chi connectivity index (χ3n) is 3.06. The predicted octanol–water partition coefficient (Wildman–Crippen LogP) is 1.14. The fourth-order valence-electron chi connectivity index (χ4n) is 1.89. The SMILES string of the molecule is C[C@H](NC[C@H]1CNC(=O)O1)c1ccc(C(=O)O)cc1. The largest absolute Gasteiger partial charge is 0.478 e. The number of carbonyl (C=O) groups excluding carboxylic acids is 1. The van der Waals surface area contributed by atoms with Crippen LogP contribution < -0.4 is 10.6 Å². The summed E-state index contributed by atoms with van der Waals surface area (Å²) >= 11 is 0. The van der Waals surface area contributed by atoms with Crippen LogP contribution in [0.2, 0.25) is 0 Å². The van der Waals surface area contributed by atoms with E-state index in [2.05, 4.69) is 10.6 Å². The van der Waals surface area contributed by atoms with Gasteiger partial charge in [0.15, 0.2) is 0 Å². The molecule has 1 amide bonds. The first-order valence-electron chi connectivity index (χ1n) is 6.07. The topological polar surface area (TPSA) is 87.7 Å². The first-order valence-corrected chi connectivity index (χ1v) is 6.07. The lowest BCUT2D eigenvalue weighted by Gasteiger charge is -2.16. The van der Waals surface area contributed by atoms with Crippen molar-refractivity contribution >= 4 is 12.1 Å². The first-order chi connectivity index (χ1) is 9.06. The minimum atomic E-state index is -0.934. The number of benzene rings is 1. The number of carbonyl (C=O) groups is 2. The molecule has 0 bridgehead atoms. The molecule has 1 heterocycles. The maximum absolute atomic E-state index is 10.9. The fraction of sp³-hybridized carbons (Fsp3) is 0.385. The van der Waals surface area contributed by atoms with Crippen LogP contribution in [-0.2, 0) is 4.74 Å². The molecule has 1 aliphatic rings. The third kappa shape index (κ3) is 3.45. The van der Waals surface area contributed by atoms with Gasteiger partial charge in [-0.25, -0.2) is 9.59 Å². The number of nitrogens with one attached hydrogen (secondary N) is 2. The maximum atomic E-state index is 10.9. The number of rotatable bonds is 5. The van der Waals surface area contributed by atoms with Crippen molar-refractivity contribution in [1.82, 2.24) is 10.6 Å². The standard InChI is InChI=1S/C13H16N2O4/c1-8(14-6-11-7-15-13(18)19-11)9-2-4-10(5-3-9)12(16)17/h2-5,8,11,14H,6-7H2,1H3,(H,15,18)(H,16,17)/t8-,11-/m0/s1. The summed E-state index contributed by atoms with van der Waals surface area (Å²) < 4.78 is 5.01. The van der Waals surface area contributed by atoms with Crippen LogP contribution in [0.15, 0.2) is 24.3 Å². The van der Waals surface area contributed by atoms with Crippen molar-refractivity contribution < 1.29 is 19.4 Å². The molecule has 1 fully saturated rings. The summed E-state index contributed by atoms with van der Waals surface area (Å²) in [7, 11) is 0. The van der Waals surface area contributed by atoms with E-state index >= 15 is 0 Å². The van der Waals surface area contributed by atoms with E-state index in [0.717, 1.165) is 5.56 Å². The Bertz CT molecular complexity index is 472. The summed E-state index contributed by atoms with van der Waals surface area (Å²) in [5, 5.41) is 14.6. The molecule has 2 atom stereocenters. The smallest absolute Gasteiger partial charge is 0.407 e. The van der Waals surface area contributed by atoms with Gasteiger partial charge in [-0.1, -0.05) is 12.1 Å². The van der Waals surface area contributed by atoms with Crippen molar-refractivity contribution in [3.63, 3.8) is 0 Å². The van der Waals surface area contributed by atoms with E-state index in [0.29, 0.717) is 13.1 Å². The molecule has 0 unspecified atom stereocenters. The van der Waals surface area contributed by atoms with Crippen molar-refractivity contribution in [2.24, 2.45) is 0 Å². The molecule has 6 heteroatoms. The number of aromatic carboxylic acids is 1. The van der Waals surface area contributed by atoms with E-state index in [1.165, 1.54) is 0 Å². The highest BCUT2D eigenvalue weighted by molar-refractivity contribution is 5.87. The van der Waals surface area contributed by atoms with E-state index in [-0.39, 0.29) is 23.8 Å². The second kappa shape index (κ2) is 5.71. The van der Waals surface area contributed by atoms with Gasteiger partial charge in [-0.3, -0.25) is 0 Å². The Hall–Kier alpha value is -2.08. The minimum Gasteiger partial charge on any atom is -0.478 e. The lowest BCUT2D eigenvalue weighted by Crippen LogP contribution is -2.31. The second-order valence-electron chi connectivity index (χ2n) is 4.47. The summed E-state index contributed by atoms with van der Waals surface area (Å²) in [5.41, 5.74) is 1.26. The van der Waals surface area contributed by atoms with Gasteiger partial charge in [0, 0.05) is 12.6 Å². The summed E-state index contributed by atoms with van der Waals surface area (Å²) in [4.78, 5) is 21.6. The summed E-state index contributed by atoms with van der Waals surface area (Å²) in [6, 6.07) is 6.77. The minimum absolute atomic E-state index is 0.0575. The molecule has 0 aromatic heterocycles. The van der Waals surface area contributed by atoms with Crippen molar-refractivity contribution in [2.75, 3.05) is 13.1 Å². The quantitative estimate of drug-likeness (QED) is 0.742. The average molecular weight is 264 g/mol. The molecule has 1 aromatic carbocycles. The highest BCUT2D eigenvalue weighted by Gasteiger charge is 2.22. The molecule has 0 spiro atoms. The van der Waals surface area contributed by atoms with Gasteiger partial charge in [0.1, 0.15) is 6.10 Å². The Morgan fingerprint density at radius 2 is 2.21 bits per heavy atom. The van der Waals surface area contributed by atoms with Crippen LogP contribution in [0.25, 0.3) is 0 Å². The van der Waals surface area contributed by atoms with E-state index in [4.69, 9.17) is 9.84 Å². The third-order valence-corrected chi connectivity index (χ3v) is 3.06. The van der Waals surface area contributed by atoms with Gasteiger partial charge in [0.25, 0.3) is 0 Å². The van der Waals surface area contributed by atoms with E-state index in [1.54, 1.807) is 24.3 Å². The van der Waals surface area contributed by atoms with E-state index in [1.807, 2.05) is 6.92 Å². The predicted molar refractivity (Wildman–Crippen MR) is 68.1 cm³/mol. The van der Waals surface area contributed by atoms with Gasteiger partial charge in [0.2, 0.25) is 0 Å². The molecule has 0 aliphatic carbocycles. The second-order valence-corrected chi connectivity index (χ2v) is 4.47. The van der Waals surface area contributed by atoms with Crippen LogP contribution in [0.5, 0.6) is 0 Å². The number of carboxylic acids is 1. The van der Waals surface area contributed by atoms with Gasteiger partial charge < -0.3 is 20.5 Å². The number of hydrogen-bond acceptors (Lipinski definition) is 4. The average Bonchev–Trinajstić information content (AvgIpc) is 2.82. The molecule has 2 rings (SSSR count). The Morgan fingerprint density at radius 3 is 2.74 bits per heavy atom. The van der Waals surface area contributed by atoms with Crippen molar-refractivity contribution in [2.45, 2.75) is 19.1 Å². The maximum Gasteiger partial charge on any atom is 0.407 e. The normalized spacial score (nSPS) is 19.6. The molecule has 0 saturated carbocycles.